The van der Waals surface area contributed by atoms with Crippen LogP contribution in [0.5, 0.6) is 0 Å². The van der Waals surface area contributed by atoms with Crippen LogP contribution in [0.3, 0.4) is 0 Å². The SMILES string of the molecule is O=C(NCC1CCOCC1)c1cc(COCc2cccc(Br)c2)on1. The molecule has 0 aliphatic carbocycles. The van der Waals surface area contributed by atoms with E-state index in [1.165, 1.54) is 0 Å². The summed E-state index contributed by atoms with van der Waals surface area (Å²) in [5, 5.41) is 6.73. The summed E-state index contributed by atoms with van der Waals surface area (Å²) in [6, 6.07) is 9.53. The Kier molecular flexibility index (Phi) is 6.61. The Morgan fingerprint density at radius 1 is 1.28 bits per heavy atom. The summed E-state index contributed by atoms with van der Waals surface area (Å²) in [6.45, 7) is 2.91. The topological polar surface area (TPSA) is 73.6 Å². The lowest BCUT2D eigenvalue weighted by Gasteiger charge is -2.21. The van der Waals surface area contributed by atoms with Gasteiger partial charge < -0.3 is 19.3 Å². The summed E-state index contributed by atoms with van der Waals surface area (Å²) >= 11 is 3.43. The van der Waals surface area contributed by atoms with E-state index in [2.05, 4.69) is 26.4 Å². The van der Waals surface area contributed by atoms with Crippen LogP contribution in [-0.2, 0) is 22.7 Å². The van der Waals surface area contributed by atoms with Crippen molar-refractivity contribution in [2.45, 2.75) is 26.1 Å². The van der Waals surface area contributed by atoms with Crippen LogP contribution in [0.1, 0.15) is 34.7 Å². The molecule has 1 aromatic heterocycles. The Morgan fingerprint density at radius 2 is 2.12 bits per heavy atom. The molecule has 6 nitrogen and oxygen atoms in total. The predicted molar refractivity (Wildman–Crippen MR) is 95.0 cm³/mol. The Hall–Kier alpha value is -1.70. The molecule has 0 radical (unpaired) electrons. The second-order valence-electron chi connectivity index (χ2n) is 6.07. The quantitative estimate of drug-likeness (QED) is 0.760. The van der Waals surface area contributed by atoms with Crippen LogP contribution >= 0.6 is 15.9 Å². The molecule has 134 valence electrons. The van der Waals surface area contributed by atoms with Crippen LogP contribution in [0.15, 0.2) is 39.3 Å². The monoisotopic (exact) mass is 408 g/mol. The van der Waals surface area contributed by atoms with E-state index in [1.54, 1.807) is 6.07 Å². The van der Waals surface area contributed by atoms with Gasteiger partial charge in [-0.25, -0.2) is 0 Å². The molecule has 0 spiro atoms. The number of amides is 1. The molecule has 1 aliphatic rings. The molecule has 0 atom stereocenters. The number of halogens is 1. The van der Waals surface area contributed by atoms with Crippen LogP contribution in [-0.4, -0.2) is 30.8 Å². The van der Waals surface area contributed by atoms with Crippen LogP contribution in [0.2, 0.25) is 0 Å². The smallest absolute Gasteiger partial charge is 0.273 e. The van der Waals surface area contributed by atoms with Crippen molar-refractivity contribution in [3.63, 3.8) is 0 Å². The standard InChI is InChI=1S/C18H21BrN2O4/c19-15-3-1-2-14(8-15)11-24-12-16-9-17(21-25-16)18(22)20-10-13-4-6-23-7-5-13/h1-3,8-9,13H,4-7,10-12H2,(H,20,22). The van der Waals surface area contributed by atoms with Crippen molar-refractivity contribution < 1.29 is 18.8 Å². The number of aromatic nitrogens is 1. The van der Waals surface area contributed by atoms with Crippen molar-refractivity contribution in [2.75, 3.05) is 19.8 Å². The Morgan fingerprint density at radius 3 is 2.92 bits per heavy atom. The molecular weight excluding hydrogens is 388 g/mol. The van der Waals surface area contributed by atoms with Gasteiger partial charge in [0.15, 0.2) is 11.5 Å². The molecule has 0 saturated carbocycles. The van der Waals surface area contributed by atoms with Gasteiger partial charge in [0.25, 0.3) is 5.91 Å². The highest BCUT2D eigenvalue weighted by atomic mass is 79.9. The summed E-state index contributed by atoms with van der Waals surface area (Å²) < 4.78 is 17.1. The molecule has 1 N–H and O–H groups in total. The predicted octanol–water partition coefficient (Wildman–Crippen LogP) is 3.31. The van der Waals surface area contributed by atoms with E-state index >= 15 is 0 Å². The number of rotatable bonds is 7. The number of nitrogens with one attached hydrogen (secondary N) is 1. The third-order valence-electron chi connectivity index (χ3n) is 4.09. The van der Waals surface area contributed by atoms with Gasteiger partial charge in [0.05, 0.1) is 6.61 Å². The molecule has 1 aliphatic heterocycles. The summed E-state index contributed by atoms with van der Waals surface area (Å²) in [5.41, 5.74) is 1.34. The zero-order valence-corrected chi connectivity index (χ0v) is 15.5. The molecule has 1 saturated heterocycles. The molecule has 0 unspecified atom stereocenters. The van der Waals surface area contributed by atoms with Crippen LogP contribution in [0.4, 0.5) is 0 Å². The summed E-state index contributed by atoms with van der Waals surface area (Å²) in [7, 11) is 0. The summed E-state index contributed by atoms with van der Waals surface area (Å²) in [4.78, 5) is 12.1. The first-order chi connectivity index (χ1) is 12.2. The fraction of sp³-hybridized carbons (Fsp3) is 0.444. The van der Waals surface area contributed by atoms with Gasteiger partial charge in [0.2, 0.25) is 0 Å². The molecule has 7 heteroatoms. The van der Waals surface area contributed by atoms with E-state index in [9.17, 15) is 4.79 Å². The summed E-state index contributed by atoms with van der Waals surface area (Å²) in [6.07, 6.45) is 1.96. The Balaban J connectivity index is 1.42. The average Bonchev–Trinajstić information content (AvgIpc) is 3.10. The van der Waals surface area contributed by atoms with Gasteiger partial charge in [0, 0.05) is 30.3 Å². The lowest BCUT2D eigenvalue weighted by molar-refractivity contribution is 0.0641. The molecule has 1 aromatic carbocycles. The minimum atomic E-state index is -0.214. The lowest BCUT2D eigenvalue weighted by atomic mass is 10.0. The van der Waals surface area contributed by atoms with Gasteiger partial charge in [-0.2, -0.15) is 0 Å². The highest BCUT2D eigenvalue weighted by Crippen LogP contribution is 2.15. The second-order valence-corrected chi connectivity index (χ2v) is 6.98. The minimum Gasteiger partial charge on any atom is -0.381 e. The molecule has 1 fully saturated rings. The van der Waals surface area contributed by atoms with E-state index in [4.69, 9.17) is 14.0 Å². The zero-order chi connectivity index (χ0) is 17.5. The number of hydrogen-bond donors (Lipinski definition) is 1. The third kappa shape index (κ3) is 5.66. The molecule has 3 rings (SSSR count). The first-order valence-electron chi connectivity index (χ1n) is 8.34. The Labute approximate surface area is 155 Å². The van der Waals surface area contributed by atoms with Crippen molar-refractivity contribution in [3.05, 3.63) is 51.8 Å². The van der Waals surface area contributed by atoms with Crippen LogP contribution < -0.4 is 5.32 Å². The lowest BCUT2D eigenvalue weighted by Crippen LogP contribution is -2.32. The van der Waals surface area contributed by atoms with Crippen LogP contribution in [0.25, 0.3) is 0 Å². The third-order valence-corrected chi connectivity index (χ3v) is 4.58. The minimum absolute atomic E-state index is 0.214. The van der Waals surface area contributed by atoms with Gasteiger partial charge in [-0.05, 0) is 36.5 Å². The van der Waals surface area contributed by atoms with Crippen LogP contribution in [0, 0.1) is 5.92 Å². The van der Waals surface area contributed by atoms with Crippen molar-refractivity contribution in [2.24, 2.45) is 5.92 Å². The molecule has 2 heterocycles. The van der Waals surface area contributed by atoms with Crippen molar-refractivity contribution in [1.82, 2.24) is 10.5 Å². The largest absolute Gasteiger partial charge is 0.381 e. The van der Waals surface area contributed by atoms with Crippen molar-refractivity contribution in [3.8, 4) is 0 Å². The maximum absolute atomic E-state index is 12.1. The molecule has 0 bridgehead atoms. The number of carbonyl (C=O) groups is 1. The number of ether oxygens (including phenoxy) is 2. The molecule has 1 amide bonds. The normalized spacial score (nSPS) is 15.2. The fourth-order valence-corrected chi connectivity index (χ4v) is 3.11. The van der Waals surface area contributed by atoms with E-state index in [1.807, 2.05) is 24.3 Å². The average molecular weight is 409 g/mol. The second kappa shape index (κ2) is 9.12. The number of carbonyl (C=O) groups excluding carboxylic acids is 1. The summed E-state index contributed by atoms with van der Waals surface area (Å²) in [5.74, 6) is 0.789. The van der Waals surface area contributed by atoms with E-state index in [0.717, 1.165) is 36.1 Å². The maximum Gasteiger partial charge on any atom is 0.273 e. The Bertz CT molecular complexity index is 698. The molecular formula is C18H21BrN2O4. The first kappa shape index (κ1) is 18.1. The van der Waals surface area contributed by atoms with Gasteiger partial charge in [0.1, 0.15) is 6.61 Å². The van der Waals surface area contributed by atoms with Gasteiger partial charge in [-0.1, -0.05) is 33.2 Å². The maximum atomic E-state index is 12.1. The number of hydrogen-bond acceptors (Lipinski definition) is 5. The van der Waals surface area contributed by atoms with E-state index < -0.39 is 0 Å². The van der Waals surface area contributed by atoms with Crippen molar-refractivity contribution in [1.29, 1.82) is 0 Å². The number of nitrogens with zero attached hydrogens (tertiary/aromatic N) is 1. The van der Waals surface area contributed by atoms with E-state index in [-0.39, 0.29) is 18.2 Å². The molecule has 2 aromatic rings. The highest BCUT2D eigenvalue weighted by Gasteiger charge is 2.17. The van der Waals surface area contributed by atoms with Gasteiger partial charge >= 0.3 is 0 Å². The van der Waals surface area contributed by atoms with Gasteiger partial charge in [-0.3, -0.25) is 4.79 Å². The van der Waals surface area contributed by atoms with E-state index in [0.29, 0.717) is 24.8 Å². The number of benzene rings is 1. The highest BCUT2D eigenvalue weighted by molar-refractivity contribution is 9.10. The first-order valence-corrected chi connectivity index (χ1v) is 9.14. The fourth-order valence-electron chi connectivity index (χ4n) is 2.66. The van der Waals surface area contributed by atoms with Crippen molar-refractivity contribution >= 4 is 21.8 Å². The van der Waals surface area contributed by atoms with Gasteiger partial charge in [-0.15, -0.1) is 0 Å². The zero-order valence-electron chi connectivity index (χ0n) is 13.9. The molecule has 25 heavy (non-hydrogen) atoms.